The largest absolute Gasteiger partial charge is 0.353 e. The molecule has 37 heavy (non-hydrogen) atoms. The van der Waals surface area contributed by atoms with Crippen molar-refractivity contribution in [1.82, 2.24) is 0 Å². The molecule has 2 rings (SSSR count). The molecule has 10 heteroatoms. The summed E-state index contributed by atoms with van der Waals surface area (Å²) in [6.07, 6.45) is 0.841. The fourth-order valence-corrected chi connectivity index (χ4v) is 7.35. The van der Waals surface area contributed by atoms with Crippen molar-refractivity contribution in [3.63, 3.8) is 0 Å². The molecular weight excluding hydrogens is 512 g/mol. The van der Waals surface area contributed by atoms with E-state index in [4.69, 9.17) is 0 Å². The zero-order valence-electron chi connectivity index (χ0n) is 23.2. The Morgan fingerprint density at radius 1 is 0.649 bits per heavy atom. The average molecular weight is 555 g/mol. The zero-order valence-corrected chi connectivity index (χ0v) is 24.9. The maximum absolute atomic E-state index is 12.3. The number of anilines is 2. The fourth-order valence-electron chi connectivity index (χ4n) is 5.34. The van der Waals surface area contributed by atoms with Gasteiger partial charge in [0.05, 0.1) is 0 Å². The highest BCUT2D eigenvalue weighted by Gasteiger charge is 2.32. The highest BCUT2D eigenvalue weighted by atomic mass is 32.2. The second-order valence-electron chi connectivity index (χ2n) is 9.66. The molecule has 0 radical (unpaired) electrons. The number of hydrogen-bond donors (Lipinski definition) is 2. The van der Waals surface area contributed by atoms with Gasteiger partial charge in [-0.15, -0.1) is 0 Å². The summed E-state index contributed by atoms with van der Waals surface area (Å²) in [7, 11) is -8.67. The second-order valence-corrected chi connectivity index (χ2v) is 12.8. The average Bonchev–Trinajstić information content (AvgIpc) is 2.76. The first-order chi connectivity index (χ1) is 17.1. The van der Waals surface area contributed by atoms with Gasteiger partial charge in [0.25, 0.3) is 20.2 Å². The summed E-state index contributed by atoms with van der Waals surface area (Å²) in [5.74, 6) is 0. The van der Waals surface area contributed by atoms with Gasteiger partial charge in [0.1, 0.15) is 0 Å². The van der Waals surface area contributed by atoms with Gasteiger partial charge < -0.3 is 9.80 Å². The van der Waals surface area contributed by atoms with Crippen molar-refractivity contribution in [3.05, 3.63) is 57.6 Å². The lowest BCUT2D eigenvalue weighted by atomic mass is 9.91. The summed E-state index contributed by atoms with van der Waals surface area (Å²) in [4.78, 5) is 3.44. The first-order valence-electron chi connectivity index (χ1n) is 12.8. The molecule has 0 aliphatic rings. The van der Waals surface area contributed by atoms with Gasteiger partial charge in [0, 0.05) is 30.9 Å². The third-order valence-electron chi connectivity index (χ3n) is 6.92. The Bertz CT molecular complexity index is 1220. The van der Waals surface area contributed by atoms with Crippen molar-refractivity contribution in [2.45, 2.75) is 85.4 Å². The van der Waals surface area contributed by atoms with Gasteiger partial charge in [-0.1, -0.05) is 26.0 Å². The van der Waals surface area contributed by atoms with Crippen LogP contribution in [0, 0.1) is 27.7 Å². The lowest BCUT2D eigenvalue weighted by Crippen LogP contribution is -2.42. The van der Waals surface area contributed by atoms with Crippen molar-refractivity contribution in [1.29, 1.82) is 0 Å². The molecular formula is C27H42N2O6S2. The van der Waals surface area contributed by atoms with Crippen LogP contribution in [0.3, 0.4) is 0 Å². The van der Waals surface area contributed by atoms with Gasteiger partial charge in [-0.05, 0) is 99.9 Å². The monoisotopic (exact) mass is 554 g/mol. The lowest BCUT2D eigenvalue weighted by Gasteiger charge is -2.35. The Morgan fingerprint density at radius 2 is 0.973 bits per heavy atom. The van der Waals surface area contributed by atoms with Gasteiger partial charge in [0.2, 0.25) is 0 Å². The van der Waals surface area contributed by atoms with Crippen molar-refractivity contribution in [2.75, 3.05) is 22.9 Å². The second kappa shape index (κ2) is 12.1. The molecule has 0 bridgehead atoms. The molecule has 0 spiro atoms. The maximum atomic E-state index is 12.3. The highest BCUT2D eigenvalue weighted by molar-refractivity contribution is 7.86. The molecule has 0 heterocycles. The standard InChI is InChI=1S/C27H42N2O6S2/c1-9-26(36(30,31)32)28(11-3)24-15-18(5)13-20(7)22(24)17-23-21(8)14-19(6)16-25(23)29(12-4)27(10-2)37(33,34)35/h13-16,26-27H,9-12,17H2,1-8H3,(H,30,31,32)(H,33,34,35). The molecule has 8 nitrogen and oxygen atoms in total. The topological polar surface area (TPSA) is 115 Å². The summed E-state index contributed by atoms with van der Waals surface area (Å²) in [6.45, 7) is 15.7. The van der Waals surface area contributed by atoms with E-state index >= 15 is 0 Å². The molecule has 2 unspecified atom stereocenters. The smallest absolute Gasteiger partial charge is 0.286 e. The predicted octanol–water partition coefficient (Wildman–Crippen LogP) is 5.41. The number of rotatable bonds is 12. The third-order valence-corrected chi connectivity index (χ3v) is 9.47. The molecule has 0 saturated carbocycles. The van der Waals surface area contributed by atoms with Crippen LogP contribution < -0.4 is 9.80 Å². The van der Waals surface area contributed by atoms with E-state index in [1.807, 2.05) is 65.8 Å². The highest BCUT2D eigenvalue weighted by Crippen LogP contribution is 2.36. The molecule has 208 valence electrons. The maximum Gasteiger partial charge on any atom is 0.286 e. The molecule has 2 aromatic rings. The Morgan fingerprint density at radius 3 is 1.22 bits per heavy atom. The normalized spacial score (nSPS) is 13.9. The summed E-state index contributed by atoms with van der Waals surface area (Å²) >= 11 is 0. The van der Waals surface area contributed by atoms with Gasteiger partial charge in [0.15, 0.2) is 10.7 Å². The van der Waals surface area contributed by atoms with E-state index in [1.54, 1.807) is 23.6 Å². The minimum absolute atomic E-state index is 0.212. The third kappa shape index (κ3) is 7.04. The quantitative estimate of drug-likeness (QED) is 0.335. The Hall–Kier alpha value is -2.14. The first kappa shape index (κ1) is 31.1. The van der Waals surface area contributed by atoms with Crippen LogP contribution in [0.5, 0.6) is 0 Å². The number of benzene rings is 2. The SMILES string of the molecule is CCC(N(CC)c1cc(C)cc(C)c1Cc1c(C)cc(C)cc1N(CC)C(CC)S(=O)(=O)O)S(=O)(=O)O. The molecule has 0 fully saturated rings. The molecule has 0 aliphatic heterocycles. The van der Waals surface area contributed by atoms with Crippen molar-refractivity contribution in [2.24, 2.45) is 0 Å². The van der Waals surface area contributed by atoms with Crippen LogP contribution in [0.15, 0.2) is 24.3 Å². The molecule has 2 aromatic carbocycles. The molecule has 0 saturated heterocycles. The van der Waals surface area contributed by atoms with Crippen LogP contribution in [-0.4, -0.2) is 49.8 Å². The van der Waals surface area contributed by atoms with Crippen LogP contribution in [0.1, 0.15) is 73.9 Å². The van der Waals surface area contributed by atoms with Gasteiger partial charge in [-0.25, -0.2) is 0 Å². The van der Waals surface area contributed by atoms with E-state index < -0.39 is 31.0 Å². The van der Waals surface area contributed by atoms with E-state index in [0.717, 1.165) is 44.8 Å². The van der Waals surface area contributed by atoms with Gasteiger partial charge in [-0.2, -0.15) is 16.8 Å². The Kier molecular flexibility index (Phi) is 10.2. The molecule has 0 aromatic heterocycles. The van der Waals surface area contributed by atoms with Crippen LogP contribution in [-0.2, 0) is 26.7 Å². The van der Waals surface area contributed by atoms with Crippen LogP contribution in [0.4, 0.5) is 11.4 Å². The molecule has 2 N–H and O–H groups in total. The zero-order chi connectivity index (χ0) is 28.3. The number of aryl methyl sites for hydroxylation is 4. The molecule has 0 amide bonds. The minimum Gasteiger partial charge on any atom is -0.353 e. The van der Waals surface area contributed by atoms with Gasteiger partial charge >= 0.3 is 0 Å². The minimum atomic E-state index is -4.34. The fraction of sp³-hybridized carbons (Fsp3) is 0.556. The van der Waals surface area contributed by atoms with E-state index in [9.17, 15) is 25.9 Å². The van der Waals surface area contributed by atoms with Crippen molar-refractivity contribution >= 4 is 31.6 Å². The molecule has 2 atom stereocenters. The predicted molar refractivity (Wildman–Crippen MR) is 152 cm³/mol. The lowest BCUT2D eigenvalue weighted by molar-refractivity contribution is 0.458. The summed E-state index contributed by atoms with van der Waals surface area (Å²) in [5, 5.41) is -2.18. The van der Waals surface area contributed by atoms with Crippen molar-refractivity contribution < 1.29 is 25.9 Å². The number of nitrogens with zero attached hydrogens (tertiary/aromatic N) is 2. The van der Waals surface area contributed by atoms with E-state index in [0.29, 0.717) is 19.5 Å². The summed E-state index contributed by atoms with van der Waals surface area (Å²) in [6, 6.07) is 7.95. The van der Waals surface area contributed by atoms with Crippen LogP contribution in [0.2, 0.25) is 0 Å². The Balaban J connectivity index is 2.83. The van der Waals surface area contributed by atoms with E-state index in [-0.39, 0.29) is 12.8 Å². The van der Waals surface area contributed by atoms with E-state index in [1.165, 1.54) is 0 Å². The van der Waals surface area contributed by atoms with Crippen molar-refractivity contribution in [3.8, 4) is 0 Å². The summed E-state index contributed by atoms with van der Waals surface area (Å²) in [5.41, 5.74) is 7.11. The first-order valence-corrected chi connectivity index (χ1v) is 15.8. The van der Waals surface area contributed by atoms with Crippen LogP contribution in [0.25, 0.3) is 0 Å². The molecule has 0 aliphatic carbocycles. The Labute approximate surface area is 223 Å². The van der Waals surface area contributed by atoms with E-state index in [2.05, 4.69) is 0 Å². The van der Waals surface area contributed by atoms with Gasteiger partial charge in [-0.3, -0.25) is 9.11 Å². The number of hydrogen-bond acceptors (Lipinski definition) is 6. The summed E-state index contributed by atoms with van der Waals surface area (Å²) < 4.78 is 69.1. The van der Waals surface area contributed by atoms with Crippen LogP contribution >= 0.6 is 0 Å².